The van der Waals surface area contributed by atoms with E-state index in [0.717, 1.165) is 0 Å². The normalized spacial score (nSPS) is 12.4. The van der Waals surface area contributed by atoms with Gasteiger partial charge in [0.15, 0.2) is 0 Å². The molecule has 0 bridgehead atoms. The fourth-order valence-electron chi connectivity index (χ4n) is 0.327. The van der Waals surface area contributed by atoms with Gasteiger partial charge in [0.2, 0.25) is 11.3 Å². The summed E-state index contributed by atoms with van der Waals surface area (Å²) in [5, 5.41) is 8.02. The van der Waals surface area contributed by atoms with Crippen molar-refractivity contribution in [3.8, 4) is 6.07 Å². The highest BCUT2D eigenvalue weighted by molar-refractivity contribution is 7.77. The third-order valence-electron chi connectivity index (χ3n) is 0.691. The summed E-state index contributed by atoms with van der Waals surface area (Å²) < 4.78 is 20.3. The Kier molecular flexibility index (Phi) is 5.41. The van der Waals surface area contributed by atoms with Gasteiger partial charge >= 0.3 is 0 Å². The maximum absolute atomic E-state index is 9.88. The molecular weight excluding hydrogens is 140 g/mol. The molecule has 2 N–H and O–H groups in total. The molecule has 1 atom stereocenters. The lowest BCUT2D eigenvalue weighted by molar-refractivity contribution is 0.547. The molecule has 0 heterocycles. The van der Waals surface area contributed by atoms with Gasteiger partial charge in [-0.25, -0.2) is 8.93 Å². The Hall–Kier alpha value is -0.440. The maximum Gasteiger partial charge on any atom is 0.231 e. The topological polar surface area (TPSA) is 73.1 Å². The van der Waals surface area contributed by atoms with Crippen LogP contribution >= 0.6 is 0 Å². The second kappa shape index (κ2) is 5.69. The molecule has 9 heavy (non-hydrogen) atoms. The van der Waals surface area contributed by atoms with E-state index >= 15 is 0 Å². The minimum absolute atomic E-state index is 0.413. The lowest BCUT2D eigenvalue weighted by Gasteiger charge is -1.92. The van der Waals surface area contributed by atoms with Crippen LogP contribution in [-0.2, 0) is 11.3 Å². The fourth-order valence-corrected chi connectivity index (χ4v) is 0.646. The zero-order chi connectivity index (χ0) is 7.11. The zero-order valence-electron chi connectivity index (χ0n) is 4.83. The van der Waals surface area contributed by atoms with E-state index in [-0.39, 0.29) is 0 Å². The predicted octanol–water partition coefficient (Wildman–Crippen LogP) is 0.0165. The van der Waals surface area contributed by atoms with Gasteiger partial charge in [-0.1, -0.05) is 0 Å². The van der Waals surface area contributed by atoms with Crippen molar-refractivity contribution < 1.29 is 8.76 Å². The van der Waals surface area contributed by atoms with Gasteiger partial charge in [-0.3, -0.25) is 4.55 Å². The fraction of sp³-hybridized carbons (Fsp3) is 0.750. The van der Waals surface area contributed by atoms with Gasteiger partial charge in [-0.2, -0.15) is 5.26 Å². The summed E-state index contributed by atoms with van der Waals surface area (Å²) in [5.41, 5.74) is 0. The Balaban J connectivity index is 2.94. The molecule has 0 amide bonds. The summed E-state index contributed by atoms with van der Waals surface area (Å²) in [5.74, 6) is 0. The molecule has 0 aromatic heterocycles. The van der Waals surface area contributed by atoms with Gasteiger partial charge in [-0.15, -0.1) is 0 Å². The van der Waals surface area contributed by atoms with Gasteiger partial charge < -0.3 is 0 Å². The Morgan fingerprint density at radius 3 is 2.89 bits per heavy atom. The largest absolute Gasteiger partial charge is 0.294 e. The molecule has 52 valence electrons. The number of nitriles is 1. The number of rotatable bonds is 4. The molecule has 0 aliphatic heterocycles. The summed E-state index contributed by atoms with van der Waals surface area (Å²) in [4.78, 5) is 0. The Morgan fingerprint density at radius 2 is 2.44 bits per heavy atom. The lowest BCUT2D eigenvalue weighted by Crippen LogP contribution is -2.16. The summed E-state index contributed by atoms with van der Waals surface area (Å²) in [6, 6.07) is 1.92. The average molecular weight is 148 g/mol. The van der Waals surface area contributed by atoms with Gasteiger partial charge in [0.25, 0.3) is 0 Å². The molecule has 0 radical (unpaired) electrons. The quantitative estimate of drug-likeness (QED) is 0.436. The van der Waals surface area contributed by atoms with E-state index in [2.05, 4.69) is 4.72 Å². The lowest BCUT2D eigenvalue weighted by atomic mass is 10.3. The van der Waals surface area contributed by atoms with E-state index in [1.165, 1.54) is 0 Å². The van der Waals surface area contributed by atoms with Crippen LogP contribution in [0.4, 0.5) is 0 Å². The minimum atomic E-state index is -1.93. The smallest absolute Gasteiger partial charge is 0.231 e. The van der Waals surface area contributed by atoms with Gasteiger partial charge in [-0.05, 0) is 6.42 Å². The first-order valence-corrected chi connectivity index (χ1v) is 3.59. The first-order chi connectivity index (χ1) is 4.27. The number of nitrogens with one attached hydrogen (secondary N) is 1. The number of hydrogen-bond donors (Lipinski definition) is 2. The summed E-state index contributed by atoms with van der Waals surface area (Å²) >= 11 is -1.93. The van der Waals surface area contributed by atoms with Gasteiger partial charge in [0, 0.05) is 13.0 Å². The van der Waals surface area contributed by atoms with Crippen LogP contribution in [0.25, 0.3) is 0 Å². The summed E-state index contributed by atoms with van der Waals surface area (Å²) in [6.07, 6.45) is 1.03. The molecule has 0 aliphatic rings. The molecule has 0 spiro atoms. The molecule has 0 rings (SSSR count). The van der Waals surface area contributed by atoms with Crippen LogP contribution in [0, 0.1) is 11.3 Å². The molecule has 0 aromatic rings. The molecule has 0 fully saturated rings. The van der Waals surface area contributed by atoms with E-state index in [1.807, 2.05) is 6.07 Å². The predicted molar refractivity (Wildman–Crippen MR) is 33.6 cm³/mol. The first kappa shape index (κ1) is 8.56. The SMILES string of the molecule is N#CCCCNS(=O)O. The van der Waals surface area contributed by atoms with Crippen molar-refractivity contribution in [2.24, 2.45) is 0 Å². The second-order valence-electron chi connectivity index (χ2n) is 1.41. The molecule has 0 aliphatic carbocycles. The number of hydrogen-bond acceptors (Lipinski definition) is 2. The van der Waals surface area contributed by atoms with E-state index in [4.69, 9.17) is 9.81 Å². The highest BCUT2D eigenvalue weighted by Gasteiger charge is 1.88. The second-order valence-corrected chi connectivity index (χ2v) is 2.19. The average Bonchev–Trinajstić information content (AvgIpc) is 1.80. The van der Waals surface area contributed by atoms with Crippen molar-refractivity contribution in [3.63, 3.8) is 0 Å². The van der Waals surface area contributed by atoms with Crippen LogP contribution < -0.4 is 4.72 Å². The van der Waals surface area contributed by atoms with E-state index in [0.29, 0.717) is 19.4 Å². The highest BCUT2D eigenvalue weighted by Crippen LogP contribution is 1.82. The molecule has 1 unspecified atom stereocenters. The molecule has 4 nitrogen and oxygen atoms in total. The maximum atomic E-state index is 9.88. The zero-order valence-corrected chi connectivity index (χ0v) is 5.65. The number of nitrogens with zero attached hydrogens (tertiary/aromatic N) is 1. The van der Waals surface area contributed by atoms with Crippen LogP contribution in [0.2, 0.25) is 0 Å². The van der Waals surface area contributed by atoms with Gasteiger partial charge in [0.05, 0.1) is 6.07 Å². The summed E-state index contributed by atoms with van der Waals surface area (Å²) in [7, 11) is 0. The van der Waals surface area contributed by atoms with E-state index in [1.54, 1.807) is 0 Å². The minimum Gasteiger partial charge on any atom is -0.294 e. The van der Waals surface area contributed by atoms with Crippen LogP contribution in [0.15, 0.2) is 0 Å². The van der Waals surface area contributed by atoms with Crippen molar-refractivity contribution in [2.45, 2.75) is 12.8 Å². The van der Waals surface area contributed by atoms with Crippen molar-refractivity contribution >= 4 is 11.3 Å². The van der Waals surface area contributed by atoms with Gasteiger partial charge in [0.1, 0.15) is 0 Å². The molecule has 5 heteroatoms. The molecule has 0 aromatic carbocycles. The summed E-state index contributed by atoms with van der Waals surface area (Å²) in [6.45, 7) is 0.413. The first-order valence-electron chi connectivity index (χ1n) is 2.48. The molecule has 0 saturated carbocycles. The number of unbranched alkanes of at least 4 members (excludes halogenated alkanes) is 1. The Labute approximate surface area is 56.3 Å². The monoisotopic (exact) mass is 148 g/mol. The Morgan fingerprint density at radius 1 is 1.78 bits per heavy atom. The standard InChI is InChI=1S/C4H8N2O2S/c5-3-1-2-4-6-9(7)8/h6H,1-2,4H2,(H,7,8). The van der Waals surface area contributed by atoms with Crippen molar-refractivity contribution in [1.82, 2.24) is 4.72 Å². The third kappa shape index (κ3) is 7.56. The highest BCUT2D eigenvalue weighted by atomic mass is 32.2. The third-order valence-corrected chi connectivity index (χ3v) is 1.14. The van der Waals surface area contributed by atoms with E-state index in [9.17, 15) is 4.21 Å². The van der Waals surface area contributed by atoms with Crippen LogP contribution in [-0.4, -0.2) is 15.3 Å². The Bertz CT molecular complexity index is 131. The van der Waals surface area contributed by atoms with Crippen LogP contribution in [0.3, 0.4) is 0 Å². The van der Waals surface area contributed by atoms with Crippen molar-refractivity contribution in [3.05, 3.63) is 0 Å². The van der Waals surface area contributed by atoms with Crippen LogP contribution in [0.1, 0.15) is 12.8 Å². The molecule has 0 saturated heterocycles. The van der Waals surface area contributed by atoms with Crippen molar-refractivity contribution in [1.29, 1.82) is 5.26 Å². The van der Waals surface area contributed by atoms with Crippen molar-refractivity contribution in [2.75, 3.05) is 6.54 Å². The van der Waals surface area contributed by atoms with Crippen LogP contribution in [0.5, 0.6) is 0 Å². The van der Waals surface area contributed by atoms with E-state index < -0.39 is 11.3 Å². The molecular formula is C4H8N2O2S.